The number of urea groups is 1. The Labute approximate surface area is 146 Å². The molecule has 0 aliphatic carbocycles. The Morgan fingerprint density at radius 3 is 2.20 bits per heavy atom. The van der Waals surface area contributed by atoms with Crippen molar-refractivity contribution in [3.05, 3.63) is 71.0 Å². The number of nitrogens with zero attached hydrogens (tertiary/aromatic N) is 1. The van der Waals surface area contributed by atoms with Crippen molar-refractivity contribution in [2.75, 3.05) is 0 Å². The van der Waals surface area contributed by atoms with Crippen molar-refractivity contribution in [1.29, 1.82) is 0 Å². The molecule has 1 aliphatic heterocycles. The number of imide groups is 1. The topological polar surface area (TPSA) is 49.4 Å². The molecule has 1 fully saturated rings. The Balaban J connectivity index is 1.82. The van der Waals surface area contributed by atoms with Crippen molar-refractivity contribution in [3.63, 3.8) is 0 Å². The smallest absolute Gasteiger partial charge is 0.319 e. The standard InChI is InChI=1S/C20H21FN2O2/c1-3-4-14-5-9-16(10-6-14)20(2)18(24)23(19(25)22-20)13-15-7-11-17(21)12-8-15/h5-12H,3-4,13H2,1-2H3,(H,22,25)/t20-/m0/s1. The number of amides is 3. The summed E-state index contributed by atoms with van der Waals surface area (Å²) in [5.74, 6) is -0.650. The minimum Gasteiger partial charge on any atom is -0.319 e. The first-order valence-corrected chi connectivity index (χ1v) is 8.42. The van der Waals surface area contributed by atoms with Gasteiger partial charge in [-0.05, 0) is 42.2 Å². The summed E-state index contributed by atoms with van der Waals surface area (Å²) < 4.78 is 13.0. The molecule has 3 rings (SSSR count). The molecule has 0 radical (unpaired) electrons. The summed E-state index contributed by atoms with van der Waals surface area (Å²) in [7, 11) is 0. The number of benzene rings is 2. The molecule has 1 heterocycles. The van der Waals surface area contributed by atoms with Gasteiger partial charge in [0.05, 0.1) is 6.54 Å². The Morgan fingerprint density at radius 1 is 1.00 bits per heavy atom. The first-order valence-electron chi connectivity index (χ1n) is 8.42. The Bertz CT molecular complexity index is 786. The number of aryl methyl sites for hydroxylation is 1. The van der Waals surface area contributed by atoms with Gasteiger partial charge in [-0.3, -0.25) is 9.69 Å². The van der Waals surface area contributed by atoms with Gasteiger partial charge in [-0.1, -0.05) is 49.7 Å². The molecule has 5 heteroatoms. The van der Waals surface area contributed by atoms with Crippen LogP contribution in [-0.4, -0.2) is 16.8 Å². The van der Waals surface area contributed by atoms with E-state index in [4.69, 9.17) is 0 Å². The highest BCUT2D eigenvalue weighted by Gasteiger charge is 2.48. The molecule has 4 nitrogen and oxygen atoms in total. The van der Waals surface area contributed by atoms with Gasteiger partial charge in [0.15, 0.2) is 0 Å². The fourth-order valence-electron chi connectivity index (χ4n) is 3.10. The summed E-state index contributed by atoms with van der Waals surface area (Å²) in [6, 6.07) is 13.1. The van der Waals surface area contributed by atoms with Gasteiger partial charge in [0.1, 0.15) is 11.4 Å². The monoisotopic (exact) mass is 340 g/mol. The molecular weight excluding hydrogens is 319 g/mol. The quantitative estimate of drug-likeness (QED) is 0.843. The zero-order valence-electron chi connectivity index (χ0n) is 14.4. The first kappa shape index (κ1) is 17.1. The normalized spacial score (nSPS) is 20.0. The third kappa shape index (κ3) is 3.27. The lowest BCUT2D eigenvalue weighted by Crippen LogP contribution is -2.40. The van der Waals surface area contributed by atoms with E-state index in [1.54, 1.807) is 19.1 Å². The molecule has 1 saturated heterocycles. The number of rotatable bonds is 5. The van der Waals surface area contributed by atoms with Crippen LogP contribution >= 0.6 is 0 Å². The fraction of sp³-hybridized carbons (Fsp3) is 0.300. The van der Waals surface area contributed by atoms with Crippen LogP contribution in [0.2, 0.25) is 0 Å². The van der Waals surface area contributed by atoms with Crippen molar-refractivity contribution in [1.82, 2.24) is 10.2 Å². The van der Waals surface area contributed by atoms with E-state index in [2.05, 4.69) is 12.2 Å². The highest BCUT2D eigenvalue weighted by atomic mass is 19.1. The minimum absolute atomic E-state index is 0.119. The lowest BCUT2D eigenvalue weighted by molar-refractivity contribution is -0.131. The first-order chi connectivity index (χ1) is 11.9. The van der Waals surface area contributed by atoms with Gasteiger partial charge >= 0.3 is 6.03 Å². The van der Waals surface area contributed by atoms with Crippen LogP contribution in [0.3, 0.4) is 0 Å². The molecule has 2 aromatic rings. The third-order valence-electron chi connectivity index (χ3n) is 4.60. The van der Waals surface area contributed by atoms with Crippen molar-refractivity contribution >= 4 is 11.9 Å². The lowest BCUT2D eigenvalue weighted by atomic mass is 9.91. The number of hydrogen-bond donors (Lipinski definition) is 1. The van der Waals surface area contributed by atoms with E-state index >= 15 is 0 Å². The van der Waals surface area contributed by atoms with Crippen LogP contribution in [0.15, 0.2) is 48.5 Å². The molecule has 1 aliphatic rings. The molecule has 130 valence electrons. The molecule has 0 bridgehead atoms. The maximum Gasteiger partial charge on any atom is 0.325 e. The summed E-state index contributed by atoms with van der Waals surface area (Å²) in [5, 5.41) is 2.79. The Hall–Kier alpha value is -2.69. The number of carbonyl (C=O) groups excluding carboxylic acids is 2. The van der Waals surface area contributed by atoms with E-state index < -0.39 is 11.6 Å². The fourth-order valence-corrected chi connectivity index (χ4v) is 3.10. The van der Waals surface area contributed by atoms with E-state index in [0.29, 0.717) is 5.56 Å². The maximum atomic E-state index is 13.0. The van der Waals surface area contributed by atoms with E-state index in [1.165, 1.54) is 22.6 Å². The number of halogens is 1. The summed E-state index contributed by atoms with van der Waals surface area (Å²) in [6.07, 6.45) is 2.03. The highest BCUT2D eigenvalue weighted by Crippen LogP contribution is 2.30. The molecule has 0 saturated carbocycles. The maximum absolute atomic E-state index is 13.0. The van der Waals surface area contributed by atoms with Crippen LogP contribution in [0, 0.1) is 5.82 Å². The second kappa shape index (κ2) is 6.67. The van der Waals surface area contributed by atoms with Crippen LogP contribution in [0.1, 0.15) is 37.0 Å². The van der Waals surface area contributed by atoms with E-state index in [-0.39, 0.29) is 18.3 Å². The summed E-state index contributed by atoms with van der Waals surface area (Å²) in [4.78, 5) is 26.4. The van der Waals surface area contributed by atoms with Gasteiger partial charge in [0, 0.05) is 0 Å². The van der Waals surface area contributed by atoms with Crippen LogP contribution < -0.4 is 5.32 Å². The molecule has 2 aromatic carbocycles. The van der Waals surface area contributed by atoms with Crippen molar-refractivity contribution in [2.45, 2.75) is 38.8 Å². The Morgan fingerprint density at radius 2 is 1.60 bits per heavy atom. The largest absolute Gasteiger partial charge is 0.325 e. The number of carbonyl (C=O) groups is 2. The van der Waals surface area contributed by atoms with Gasteiger partial charge in [-0.15, -0.1) is 0 Å². The summed E-state index contributed by atoms with van der Waals surface area (Å²) in [6.45, 7) is 3.95. The zero-order chi connectivity index (χ0) is 18.0. The van der Waals surface area contributed by atoms with E-state index in [9.17, 15) is 14.0 Å². The van der Waals surface area contributed by atoms with Gasteiger partial charge < -0.3 is 5.32 Å². The number of hydrogen-bond acceptors (Lipinski definition) is 2. The summed E-state index contributed by atoms with van der Waals surface area (Å²) in [5.41, 5.74) is 1.58. The van der Waals surface area contributed by atoms with Gasteiger partial charge in [0.25, 0.3) is 5.91 Å². The van der Waals surface area contributed by atoms with Crippen molar-refractivity contribution in [2.24, 2.45) is 0 Å². The van der Waals surface area contributed by atoms with Crippen molar-refractivity contribution in [3.8, 4) is 0 Å². The average molecular weight is 340 g/mol. The molecule has 0 aromatic heterocycles. The molecule has 1 N–H and O–H groups in total. The molecule has 0 spiro atoms. The third-order valence-corrected chi connectivity index (χ3v) is 4.60. The molecular formula is C20H21FN2O2. The number of nitrogens with one attached hydrogen (secondary N) is 1. The van der Waals surface area contributed by atoms with Crippen LogP contribution in [0.4, 0.5) is 9.18 Å². The van der Waals surface area contributed by atoms with Gasteiger partial charge in [0.2, 0.25) is 0 Å². The van der Waals surface area contributed by atoms with Crippen LogP contribution in [0.25, 0.3) is 0 Å². The zero-order valence-corrected chi connectivity index (χ0v) is 14.4. The predicted octanol–water partition coefficient (Wildman–Crippen LogP) is 3.75. The van der Waals surface area contributed by atoms with Gasteiger partial charge in [-0.25, -0.2) is 9.18 Å². The average Bonchev–Trinajstić information content (AvgIpc) is 2.82. The summed E-state index contributed by atoms with van der Waals surface area (Å²) >= 11 is 0. The lowest BCUT2D eigenvalue weighted by Gasteiger charge is -2.22. The van der Waals surface area contributed by atoms with Crippen LogP contribution in [0.5, 0.6) is 0 Å². The van der Waals surface area contributed by atoms with Crippen molar-refractivity contribution < 1.29 is 14.0 Å². The Kier molecular flexibility index (Phi) is 4.57. The highest BCUT2D eigenvalue weighted by molar-refractivity contribution is 6.07. The van der Waals surface area contributed by atoms with Gasteiger partial charge in [-0.2, -0.15) is 0 Å². The minimum atomic E-state index is -1.08. The second-order valence-electron chi connectivity index (χ2n) is 6.52. The predicted molar refractivity (Wildman–Crippen MR) is 93.3 cm³/mol. The van der Waals surface area contributed by atoms with Crippen LogP contribution in [-0.2, 0) is 23.3 Å². The van der Waals surface area contributed by atoms with E-state index in [0.717, 1.165) is 18.4 Å². The second-order valence-corrected chi connectivity index (χ2v) is 6.52. The van der Waals surface area contributed by atoms with E-state index in [1.807, 2.05) is 24.3 Å². The SMILES string of the molecule is CCCc1ccc([C@]2(C)NC(=O)N(Cc3ccc(F)cc3)C2=O)cc1. The molecule has 3 amide bonds. The molecule has 25 heavy (non-hydrogen) atoms. The molecule has 1 atom stereocenters. The molecule has 0 unspecified atom stereocenters.